The molecule has 2 aliphatic heterocycles. The zero-order chi connectivity index (χ0) is 34.6. The van der Waals surface area contributed by atoms with E-state index in [1.54, 1.807) is 0 Å². The van der Waals surface area contributed by atoms with Crippen LogP contribution in [0.4, 0.5) is 0 Å². The Labute approximate surface area is 305 Å². The lowest BCUT2D eigenvalue weighted by molar-refractivity contribution is 0.479. The van der Waals surface area contributed by atoms with Gasteiger partial charge < -0.3 is 18.5 Å². The van der Waals surface area contributed by atoms with E-state index >= 15 is 0 Å². The third-order valence-electron chi connectivity index (χ3n) is 11.2. The number of ether oxygens (including phenoxy) is 1. The molecule has 0 bridgehead atoms. The summed E-state index contributed by atoms with van der Waals surface area (Å²) < 4.78 is 18.5. The molecular weight excluding hydrogens is 647 g/mol. The van der Waals surface area contributed by atoms with Crippen molar-refractivity contribution < 1.29 is 9.39 Å². The van der Waals surface area contributed by atoms with Crippen molar-refractivity contribution in [3.63, 3.8) is 0 Å². The van der Waals surface area contributed by atoms with Crippen LogP contribution < -0.4 is 20.3 Å². The second kappa shape index (κ2) is 10.8. The van der Waals surface area contributed by atoms with E-state index in [4.69, 9.17) is 9.39 Å². The maximum Gasteiger partial charge on any atom is 0.434 e. The van der Waals surface area contributed by atoms with Gasteiger partial charge in [0.05, 0.1) is 27.8 Å². The lowest BCUT2D eigenvalue weighted by atomic mass is 9.51. The molecule has 2 aliphatic rings. The fourth-order valence-corrected chi connectivity index (χ4v) is 8.93. The van der Waals surface area contributed by atoms with Crippen molar-refractivity contribution in [2.75, 3.05) is 0 Å². The van der Waals surface area contributed by atoms with E-state index in [0.717, 1.165) is 61.8 Å². The van der Waals surface area contributed by atoms with Crippen molar-refractivity contribution in [1.29, 1.82) is 0 Å². The molecule has 0 amide bonds. The normalized spacial score (nSPS) is 12.8. The minimum absolute atomic E-state index is 0.299. The van der Waals surface area contributed by atoms with Gasteiger partial charge in [-0.1, -0.05) is 115 Å². The first-order chi connectivity index (χ1) is 26.3. The Hall–Kier alpha value is -6.98. The second-order valence-corrected chi connectivity index (χ2v) is 14.0. The fraction of sp³-hybridized carbons (Fsp3) is 0. The molecule has 0 saturated heterocycles. The molecular formula is C48H29BN2O2. The van der Waals surface area contributed by atoms with Gasteiger partial charge in [-0.3, -0.25) is 0 Å². The molecule has 0 unspecified atom stereocenters. The van der Waals surface area contributed by atoms with Crippen molar-refractivity contribution in [3.05, 3.63) is 176 Å². The van der Waals surface area contributed by atoms with Crippen LogP contribution in [-0.4, -0.2) is 16.0 Å². The van der Waals surface area contributed by atoms with Gasteiger partial charge in [0.1, 0.15) is 17.2 Å². The van der Waals surface area contributed by atoms with E-state index < -0.39 is 0 Å². The molecule has 5 heteroatoms. The third-order valence-corrected chi connectivity index (χ3v) is 11.2. The lowest BCUT2D eigenvalue weighted by Crippen LogP contribution is -2.53. The van der Waals surface area contributed by atoms with E-state index in [1.807, 2.05) is 0 Å². The Morgan fingerprint density at radius 1 is 0.396 bits per heavy atom. The van der Waals surface area contributed by atoms with E-state index in [2.05, 4.69) is 185 Å². The molecule has 53 heavy (non-hydrogen) atoms. The predicted molar refractivity (Wildman–Crippen MR) is 218 cm³/mol. The van der Waals surface area contributed by atoms with Gasteiger partial charge in [-0.15, -0.1) is 0 Å². The molecule has 0 atom stereocenters. The summed E-state index contributed by atoms with van der Waals surface area (Å²) in [5, 5.41) is 4.97. The topological polar surface area (TPSA) is 28.3 Å². The highest BCUT2D eigenvalue weighted by atomic mass is 16.5. The largest absolute Gasteiger partial charge is 0.551 e. The van der Waals surface area contributed by atoms with Gasteiger partial charge in [0, 0.05) is 55.4 Å². The lowest BCUT2D eigenvalue weighted by Gasteiger charge is -2.33. The van der Waals surface area contributed by atoms with Gasteiger partial charge >= 0.3 is 6.92 Å². The minimum Gasteiger partial charge on any atom is -0.551 e. The summed E-state index contributed by atoms with van der Waals surface area (Å²) in [6.45, 7) is -0.299. The first-order valence-corrected chi connectivity index (χ1v) is 18.1. The second-order valence-electron chi connectivity index (χ2n) is 14.0. The number of para-hydroxylation sites is 5. The van der Waals surface area contributed by atoms with Crippen molar-refractivity contribution in [2.45, 2.75) is 0 Å². The Morgan fingerprint density at radius 2 is 0.981 bits per heavy atom. The molecule has 0 N–H and O–H groups in total. The highest BCUT2D eigenvalue weighted by Gasteiger charge is 2.41. The van der Waals surface area contributed by atoms with Crippen LogP contribution in [0.15, 0.2) is 176 Å². The van der Waals surface area contributed by atoms with Gasteiger partial charge in [0.15, 0.2) is 0 Å². The summed E-state index contributed by atoms with van der Waals surface area (Å²) >= 11 is 0. The molecule has 4 nitrogen and oxygen atoms in total. The number of benzene rings is 8. The molecule has 246 valence electrons. The van der Waals surface area contributed by atoms with Gasteiger partial charge in [-0.05, 0) is 65.7 Å². The number of nitrogens with zero attached hydrogens (tertiary/aromatic N) is 2. The van der Waals surface area contributed by atoms with Crippen LogP contribution in [0.1, 0.15) is 0 Å². The highest BCUT2D eigenvalue weighted by Crippen LogP contribution is 2.43. The molecule has 0 spiro atoms. The molecule has 8 aromatic carbocycles. The van der Waals surface area contributed by atoms with Crippen LogP contribution in [0, 0.1) is 0 Å². The maximum absolute atomic E-state index is 7.06. The van der Waals surface area contributed by atoms with Crippen LogP contribution in [0.25, 0.3) is 77.2 Å². The van der Waals surface area contributed by atoms with Gasteiger partial charge in [0.25, 0.3) is 0 Å². The minimum atomic E-state index is -0.299. The first kappa shape index (κ1) is 28.7. The summed E-state index contributed by atoms with van der Waals surface area (Å²) in [5.74, 6) is 2.52. The van der Waals surface area contributed by atoms with Crippen molar-refractivity contribution in [1.82, 2.24) is 9.13 Å². The SMILES string of the molecule is c1ccc(-n2c3ccccc3c3ccccc32)c(-c2ccc3c(c2)Oc2cccc4c2B3Oc2cc(-n3c5ccccc5c5ccccc53)ccc2-4)c1. The summed E-state index contributed by atoms with van der Waals surface area (Å²) in [5.41, 5.74) is 13.5. The standard InChI is InChI=1S/C48H29BN2O2/c1-6-18-40(51-43-21-9-4-15-35(43)36-16-5-10-22-44(36)51)32(12-1)30-24-27-39-47(28-30)52-45-23-11-17-38-37-26-25-31(29-46(37)53-49(39)48(38)45)50-41-19-7-2-13-33(41)34-14-3-8-20-42(34)50/h1-29H. The average Bonchev–Trinajstić information content (AvgIpc) is 3.74. The van der Waals surface area contributed by atoms with Crippen LogP contribution >= 0.6 is 0 Å². The molecule has 0 saturated carbocycles. The smallest absolute Gasteiger partial charge is 0.434 e. The quantitative estimate of drug-likeness (QED) is 0.174. The molecule has 12 rings (SSSR count). The van der Waals surface area contributed by atoms with Crippen molar-refractivity contribution in [2.24, 2.45) is 0 Å². The van der Waals surface area contributed by atoms with E-state index in [9.17, 15) is 0 Å². The Morgan fingerprint density at radius 3 is 1.66 bits per heavy atom. The molecule has 0 aliphatic carbocycles. The van der Waals surface area contributed by atoms with E-state index in [-0.39, 0.29) is 6.92 Å². The van der Waals surface area contributed by atoms with Crippen LogP contribution in [0.5, 0.6) is 17.2 Å². The highest BCUT2D eigenvalue weighted by molar-refractivity contribution is 6.84. The molecule has 4 heterocycles. The molecule has 0 radical (unpaired) electrons. The third kappa shape index (κ3) is 4.02. The predicted octanol–water partition coefficient (Wildman–Crippen LogP) is 10.8. The van der Waals surface area contributed by atoms with Crippen molar-refractivity contribution in [3.8, 4) is 50.9 Å². The number of rotatable bonds is 3. The van der Waals surface area contributed by atoms with Crippen LogP contribution in [-0.2, 0) is 0 Å². The van der Waals surface area contributed by atoms with Gasteiger partial charge in [0.2, 0.25) is 0 Å². The average molecular weight is 677 g/mol. The number of fused-ring (bicyclic) bond motifs is 10. The summed E-state index contributed by atoms with van der Waals surface area (Å²) in [7, 11) is 0. The van der Waals surface area contributed by atoms with Crippen molar-refractivity contribution >= 4 is 61.5 Å². The molecule has 2 aromatic heterocycles. The Kier molecular flexibility index (Phi) is 5.83. The number of aromatic nitrogens is 2. The number of hydrogen-bond donors (Lipinski definition) is 0. The Bertz CT molecular complexity index is 3050. The number of hydrogen-bond acceptors (Lipinski definition) is 2. The maximum atomic E-state index is 7.06. The van der Waals surface area contributed by atoms with Crippen LogP contribution in [0.3, 0.4) is 0 Å². The monoisotopic (exact) mass is 676 g/mol. The first-order valence-electron chi connectivity index (χ1n) is 18.1. The van der Waals surface area contributed by atoms with Crippen LogP contribution in [0.2, 0.25) is 0 Å². The Balaban J connectivity index is 0.994. The van der Waals surface area contributed by atoms with E-state index in [0.29, 0.717) is 0 Å². The zero-order valence-corrected chi connectivity index (χ0v) is 28.5. The molecule has 0 fully saturated rings. The van der Waals surface area contributed by atoms with Gasteiger partial charge in [-0.2, -0.15) is 0 Å². The van der Waals surface area contributed by atoms with Gasteiger partial charge in [-0.25, -0.2) is 0 Å². The molecule has 10 aromatic rings. The fourth-order valence-electron chi connectivity index (χ4n) is 8.93. The zero-order valence-electron chi connectivity index (χ0n) is 28.5. The summed E-state index contributed by atoms with van der Waals surface area (Å²) in [6.07, 6.45) is 0. The van der Waals surface area contributed by atoms with E-state index in [1.165, 1.54) is 43.6 Å². The summed E-state index contributed by atoms with van der Waals surface area (Å²) in [6, 6.07) is 62.8. The summed E-state index contributed by atoms with van der Waals surface area (Å²) in [4.78, 5) is 0.